The number of ether oxygens (including phenoxy) is 2. The van der Waals surface area contributed by atoms with E-state index in [-0.39, 0.29) is 24.4 Å². The van der Waals surface area contributed by atoms with Crippen LogP contribution in [0, 0.1) is 24.2 Å². The molecule has 4 aromatic carbocycles. The van der Waals surface area contributed by atoms with Gasteiger partial charge < -0.3 is 35.3 Å². The third-order valence-corrected chi connectivity index (χ3v) is 10.5. The number of rotatable bonds is 15. The molecule has 290 valence electrons. The SMILES string of the molecule is CCN(CCCC(=O)NCCCC(=O)COC1Cc2ccccc2C#Cc2ccccc21)c1cc(OC)c(-c2c3ccc(=N)cc-3oc3cc(N)ccc23)cc1C. The van der Waals surface area contributed by atoms with Gasteiger partial charge in [-0.25, -0.2) is 0 Å². The molecular formula is C48H48N4O5. The fraction of sp³-hybridized carbons (Fsp3) is 0.271. The summed E-state index contributed by atoms with van der Waals surface area (Å²) in [6, 6.07) is 31.3. The van der Waals surface area contributed by atoms with Gasteiger partial charge in [0.1, 0.15) is 23.7 Å². The van der Waals surface area contributed by atoms with Crippen molar-refractivity contribution in [3.8, 4) is 40.0 Å². The Labute approximate surface area is 333 Å². The number of fused-ring (bicyclic) bond motifs is 4. The molecule has 1 atom stereocenters. The predicted octanol–water partition coefficient (Wildman–Crippen LogP) is 8.37. The van der Waals surface area contributed by atoms with Crippen LogP contribution in [0.3, 0.4) is 0 Å². The molecule has 0 aromatic heterocycles. The monoisotopic (exact) mass is 760 g/mol. The highest BCUT2D eigenvalue weighted by Gasteiger charge is 2.23. The Morgan fingerprint density at radius 1 is 0.930 bits per heavy atom. The van der Waals surface area contributed by atoms with Gasteiger partial charge in [0.2, 0.25) is 5.91 Å². The molecule has 1 unspecified atom stereocenters. The van der Waals surface area contributed by atoms with Gasteiger partial charge in [-0.1, -0.05) is 48.2 Å². The van der Waals surface area contributed by atoms with Crippen LogP contribution in [-0.4, -0.2) is 45.0 Å². The van der Waals surface area contributed by atoms with Gasteiger partial charge in [-0.2, -0.15) is 0 Å². The van der Waals surface area contributed by atoms with E-state index in [1.165, 1.54) is 0 Å². The van der Waals surface area contributed by atoms with Crippen molar-refractivity contribution in [2.45, 2.75) is 52.1 Å². The van der Waals surface area contributed by atoms with Crippen molar-refractivity contribution in [1.82, 2.24) is 5.32 Å². The number of ketones is 1. The number of benzene rings is 5. The first kappa shape index (κ1) is 38.9. The first-order valence-corrected chi connectivity index (χ1v) is 19.6. The second kappa shape index (κ2) is 17.6. The van der Waals surface area contributed by atoms with Crippen molar-refractivity contribution >= 4 is 34.0 Å². The number of nitrogens with one attached hydrogen (secondary N) is 2. The van der Waals surface area contributed by atoms with Crippen molar-refractivity contribution in [1.29, 1.82) is 5.41 Å². The van der Waals surface area contributed by atoms with Gasteiger partial charge in [0, 0.05) is 102 Å². The molecule has 4 N–H and O–H groups in total. The van der Waals surface area contributed by atoms with Crippen LogP contribution >= 0.6 is 0 Å². The van der Waals surface area contributed by atoms with E-state index in [1.807, 2.05) is 66.7 Å². The van der Waals surface area contributed by atoms with Crippen molar-refractivity contribution in [3.05, 3.63) is 130 Å². The molecule has 0 fully saturated rings. The van der Waals surface area contributed by atoms with Crippen LogP contribution in [0.2, 0.25) is 0 Å². The number of nitrogens with zero attached hydrogens (tertiary/aromatic N) is 1. The first-order chi connectivity index (χ1) is 27.7. The smallest absolute Gasteiger partial charge is 0.220 e. The number of anilines is 2. The maximum Gasteiger partial charge on any atom is 0.220 e. The summed E-state index contributed by atoms with van der Waals surface area (Å²) in [4.78, 5) is 28.0. The van der Waals surface area contributed by atoms with Crippen molar-refractivity contribution in [2.24, 2.45) is 0 Å². The van der Waals surface area contributed by atoms with Gasteiger partial charge in [-0.05, 0) is 85.8 Å². The average Bonchev–Trinajstić information content (AvgIpc) is 3.20. The summed E-state index contributed by atoms with van der Waals surface area (Å²) < 4.78 is 18.4. The van der Waals surface area contributed by atoms with E-state index < -0.39 is 0 Å². The van der Waals surface area contributed by atoms with E-state index in [9.17, 15) is 9.59 Å². The highest BCUT2D eigenvalue weighted by atomic mass is 16.5. The quantitative estimate of drug-likeness (QED) is 0.0415. The minimum atomic E-state index is -0.273. The minimum Gasteiger partial charge on any atom is -0.496 e. The number of methoxy groups -OCH3 is 1. The lowest BCUT2D eigenvalue weighted by atomic mass is 9.91. The topological polar surface area (TPSA) is 131 Å². The van der Waals surface area contributed by atoms with Crippen molar-refractivity contribution in [3.63, 3.8) is 0 Å². The Hall–Kier alpha value is -6.37. The number of hydrogen-bond donors (Lipinski definition) is 3. The predicted molar refractivity (Wildman–Crippen MR) is 225 cm³/mol. The number of carbonyl (C=O) groups is 2. The summed E-state index contributed by atoms with van der Waals surface area (Å²) in [6.07, 6.45) is 2.29. The summed E-state index contributed by atoms with van der Waals surface area (Å²) in [5.41, 5.74) is 16.2. The van der Waals surface area contributed by atoms with Gasteiger partial charge in [0.15, 0.2) is 5.78 Å². The molecule has 0 saturated heterocycles. The van der Waals surface area contributed by atoms with Crippen LogP contribution in [0.5, 0.6) is 5.75 Å². The second-order valence-electron chi connectivity index (χ2n) is 14.5. The highest BCUT2D eigenvalue weighted by Crippen LogP contribution is 2.45. The zero-order valence-electron chi connectivity index (χ0n) is 32.7. The van der Waals surface area contributed by atoms with Crippen LogP contribution in [0.25, 0.3) is 33.4 Å². The number of amides is 1. The number of nitrogens with two attached hydrogens (primary N) is 1. The summed E-state index contributed by atoms with van der Waals surface area (Å²) in [7, 11) is 1.67. The Morgan fingerprint density at radius 3 is 2.54 bits per heavy atom. The summed E-state index contributed by atoms with van der Waals surface area (Å²) in [5, 5.41) is 12.4. The second-order valence-corrected chi connectivity index (χ2v) is 14.5. The molecule has 0 saturated carbocycles. The largest absolute Gasteiger partial charge is 0.496 e. The molecular weight excluding hydrogens is 713 g/mol. The Morgan fingerprint density at radius 2 is 1.72 bits per heavy atom. The van der Waals surface area contributed by atoms with Crippen LogP contribution in [0.1, 0.15) is 66.5 Å². The molecule has 0 spiro atoms. The molecule has 2 aliphatic carbocycles. The summed E-state index contributed by atoms with van der Waals surface area (Å²) in [6.45, 7) is 6.07. The van der Waals surface area contributed by atoms with Gasteiger partial charge in [0.25, 0.3) is 0 Å². The maximum absolute atomic E-state index is 12.9. The van der Waals surface area contributed by atoms with E-state index in [4.69, 9.17) is 25.0 Å². The normalized spacial score (nSPS) is 13.1. The molecule has 1 aliphatic heterocycles. The van der Waals surface area contributed by atoms with Crippen LogP contribution in [0.4, 0.5) is 11.4 Å². The van der Waals surface area contributed by atoms with Crippen molar-refractivity contribution < 1.29 is 23.5 Å². The average molecular weight is 761 g/mol. The van der Waals surface area contributed by atoms with Crippen LogP contribution in [-0.2, 0) is 20.7 Å². The third kappa shape index (κ3) is 8.88. The maximum atomic E-state index is 12.9. The fourth-order valence-electron chi connectivity index (χ4n) is 7.63. The standard InChI is InChI=1S/C48H48N4O5/c1-4-52(42-29-43(55-3)41(25-31(42)2)48-39-21-19-35(49)27-45(39)57-46-28-36(50)20-22-40(46)48)24-10-16-47(54)51-23-9-14-37(53)30-56-44-26-34-13-6-5-11-32(34)17-18-33-12-7-8-15-38(33)44/h5-8,11-13,15,19-22,25,27-29,44,49H,4,9-10,14,16,23-24,26,30,50H2,1-3H3,(H,51,54). The third-order valence-electron chi connectivity index (χ3n) is 10.5. The lowest BCUT2D eigenvalue weighted by molar-refractivity contribution is -0.126. The zero-order chi connectivity index (χ0) is 39.9. The summed E-state index contributed by atoms with van der Waals surface area (Å²) >= 11 is 0. The molecule has 0 radical (unpaired) electrons. The molecule has 7 rings (SSSR count). The molecule has 57 heavy (non-hydrogen) atoms. The fourth-order valence-corrected chi connectivity index (χ4v) is 7.63. The molecule has 9 heteroatoms. The molecule has 0 bridgehead atoms. The number of nitrogen functional groups attached to an aromatic ring is 1. The Bertz CT molecular complexity index is 2530. The van der Waals surface area contributed by atoms with Gasteiger partial charge >= 0.3 is 0 Å². The minimum absolute atomic E-state index is 0.00824. The zero-order valence-corrected chi connectivity index (χ0v) is 32.7. The molecule has 3 aliphatic rings. The summed E-state index contributed by atoms with van der Waals surface area (Å²) in [5.74, 6) is 7.84. The van der Waals surface area contributed by atoms with E-state index in [2.05, 4.69) is 54.1 Å². The van der Waals surface area contributed by atoms with Crippen LogP contribution < -0.4 is 26.0 Å². The first-order valence-electron chi connectivity index (χ1n) is 19.6. The molecule has 1 heterocycles. The Kier molecular flexibility index (Phi) is 12.0. The molecule has 1 amide bonds. The molecule has 4 aromatic rings. The highest BCUT2D eigenvalue weighted by molar-refractivity contribution is 6.04. The van der Waals surface area contributed by atoms with E-state index in [1.54, 1.807) is 19.2 Å². The van der Waals surface area contributed by atoms with Gasteiger partial charge in [-0.3, -0.25) is 9.59 Å². The lowest BCUT2D eigenvalue weighted by Gasteiger charge is -2.27. The van der Waals surface area contributed by atoms with E-state index in [0.717, 1.165) is 62.1 Å². The van der Waals surface area contributed by atoms with E-state index >= 15 is 0 Å². The number of carbonyl (C=O) groups excluding carboxylic acids is 2. The Balaban J connectivity index is 0.923. The molecule has 9 nitrogen and oxygen atoms in total. The lowest BCUT2D eigenvalue weighted by Crippen LogP contribution is -2.28. The van der Waals surface area contributed by atoms with Crippen LogP contribution in [0.15, 0.2) is 101 Å². The number of Topliss-reactive ketones (excluding diaryl/α,β-unsaturated/α-hetero) is 1. The number of hydrogen-bond acceptors (Lipinski definition) is 8. The van der Waals surface area contributed by atoms with E-state index in [0.29, 0.717) is 73.3 Å². The number of aryl methyl sites for hydroxylation is 1. The van der Waals surface area contributed by atoms with Gasteiger partial charge in [-0.15, -0.1) is 0 Å². The van der Waals surface area contributed by atoms with Gasteiger partial charge in [0.05, 0.1) is 18.6 Å². The van der Waals surface area contributed by atoms with Crippen molar-refractivity contribution in [2.75, 3.05) is 44.0 Å².